The Kier molecular flexibility index (Phi) is 5.75. The van der Waals surface area contributed by atoms with E-state index in [-0.39, 0.29) is 6.10 Å². The van der Waals surface area contributed by atoms with E-state index in [2.05, 4.69) is 5.32 Å². The SMILES string of the molecule is C[C@@H](OC[C@@H]1CCCCO1)C(=O)NC(C)(C)C(=O)O. The Bertz CT molecular complexity index is 323. The summed E-state index contributed by atoms with van der Waals surface area (Å²) < 4.78 is 10.9. The van der Waals surface area contributed by atoms with E-state index in [9.17, 15) is 9.59 Å². The third-order valence-corrected chi connectivity index (χ3v) is 3.15. The normalized spacial score (nSPS) is 21.7. The van der Waals surface area contributed by atoms with Crippen LogP contribution in [0.3, 0.4) is 0 Å². The fraction of sp³-hybridized carbons (Fsp3) is 0.846. The molecule has 1 aliphatic heterocycles. The van der Waals surface area contributed by atoms with Crippen LogP contribution in [0.4, 0.5) is 0 Å². The van der Waals surface area contributed by atoms with Crippen LogP contribution in [0, 0.1) is 0 Å². The van der Waals surface area contributed by atoms with Crippen molar-refractivity contribution in [2.24, 2.45) is 0 Å². The van der Waals surface area contributed by atoms with Crippen LogP contribution in [0.5, 0.6) is 0 Å². The molecular formula is C13H23NO5. The molecule has 0 bridgehead atoms. The predicted octanol–water partition coefficient (Wildman–Crippen LogP) is 0.940. The van der Waals surface area contributed by atoms with Gasteiger partial charge in [0.05, 0.1) is 12.7 Å². The standard InChI is InChI=1S/C13H23NO5/c1-9(11(15)14-13(2,3)12(16)17)19-8-10-6-4-5-7-18-10/h9-10H,4-8H2,1-3H3,(H,14,15)(H,16,17)/t9-,10+/m1/s1. The van der Waals surface area contributed by atoms with Gasteiger partial charge in [-0.15, -0.1) is 0 Å². The van der Waals surface area contributed by atoms with E-state index in [1.807, 2.05) is 0 Å². The number of hydrogen-bond acceptors (Lipinski definition) is 4. The lowest BCUT2D eigenvalue weighted by Gasteiger charge is -2.26. The average Bonchev–Trinajstić information content (AvgIpc) is 2.36. The van der Waals surface area contributed by atoms with Gasteiger partial charge in [0.15, 0.2) is 0 Å². The molecule has 19 heavy (non-hydrogen) atoms. The zero-order chi connectivity index (χ0) is 14.5. The third-order valence-electron chi connectivity index (χ3n) is 3.15. The summed E-state index contributed by atoms with van der Waals surface area (Å²) in [7, 11) is 0. The van der Waals surface area contributed by atoms with Crippen molar-refractivity contribution in [1.29, 1.82) is 0 Å². The van der Waals surface area contributed by atoms with Crippen molar-refractivity contribution < 1.29 is 24.2 Å². The maximum atomic E-state index is 11.8. The molecule has 6 nitrogen and oxygen atoms in total. The van der Waals surface area contributed by atoms with Gasteiger partial charge < -0.3 is 19.9 Å². The van der Waals surface area contributed by atoms with Crippen LogP contribution in [0.15, 0.2) is 0 Å². The second-order valence-corrected chi connectivity index (χ2v) is 5.38. The van der Waals surface area contributed by atoms with Gasteiger partial charge in [-0.05, 0) is 40.0 Å². The zero-order valence-corrected chi connectivity index (χ0v) is 11.8. The maximum Gasteiger partial charge on any atom is 0.328 e. The lowest BCUT2D eigenvalue weighted by Crippen LogP contribution is -2.53. The van der Waals surface area contributed by atoms with E-state index in [0.717, 1.165) is 25.9 Å². The highest BCUT2D eigenvalue weighted by Crippen LogP contribution is 2.13. The first-order valence-corrected chi connectivity index (χ1v) is 6.61. The number of nitrogens with one attached hydrogen (secondary N) is 1. The molecule has 1 rings (SSSR count). The molecule has 1 fully saturated rings. The lowest BCUT2D eigenvalue weighted by molar-refractivity contribution is -0.149. The van der Waals surface area contributed by atoms with Crippen molar-refractivity contribution in [2.75, 3.05) is 13.2 Å². The number of carbonyl (C=O) groups is 2. The summed E-state index contributed by atoms with van der Waals surface area (Å²) in [5.41, 5.74) is -1.30. The summed E-state index contributed by atoms with van der Waals surface area (Å²) in [6, 6.07) is 0. The minimum Gasteiger partial charge on any atom is -0.480 e. The van der Waals surface area contributed by atoms with Gasteiger partial charge in [0, 0.05) is 6.61 Å². The quantitative estimate of drug-likeness (QED) is 0.752. The topological polar surface area (TPSA) is 84.9 Å². The van der Waals surface area contributed by atoms with Gasteiger partial charge in [0.1, 0.15) is 11.6 Å². The Morgan fingerprint density at radius 2 is 2.16 bits per heavy atom. The molecule has 0 aromatic rings. The number of amides is 1. The Labute approximate surface area is 113 Å². The highest BCUT2D eigenvalue weighted by atomic mass is 16.5. The van der Waals surface area contributed by atoms with Crippen molar-refractivity contribution in [3.8, 4) is 0 Å². The van der Waals surface area contributed by atoms with Crippen LogP contribution >= 0.6 is 0 Å². The van der Waals surface area contributed by atoms with Crippen molar-refractivity contribution in [1.82, 2.24) is 5.32 Å². The summed E-state index contributed by atoms with van der Waals surface area (Å²) in [5, 5.41) is 11.4. The Morgan fingerprint density at radius 3 is 2.68 bits per heavy atom. The monoisotopic (exact) mass is 273 g/mol. The molecule has 2 N–H and O–H groups in total. The molecule has 0 saturated carbocycles. The number of carboxylic acid groups (broad SMARTS) is 1. The Hall–Kier alpha value is -1.14. The predicted molar refractivity (Wildman–Crippen MR) is 68.9 cm³/mol. The summed E-state index contributed by atoms with van der Waals surface area (Å²) >= 11 is 0. The Morgan fingerprint density at radius 1 is 1.47 bits per heavy atom. The van der Waals surface area contributed by atoms with Gasteiger partial charge in [-0.1, -0.05) is 0 Å². The highest BCUT2D eigenvalue weighted by molar-refractivity contribution is 5.88. The highest BCUT2D eigenvalue weighted by Gasteiger charge is 2.31. The van der Waals surface area contributed by atoms with Gasteiger partial charge in [-0.25, -0.2) is 4.79 Å². The van der Waals surface area contributed by atoms with Gasteiger partial charge in [-0.2, -0.15) is 0 Å². The van der Waals surface area contributed by atoms with Crippen LogP contribution < -0.4 is 5.32 Å². The van der Waals surface area contributed by atoms with Crippen LogP contribution in [0.25, 0.3) is 0 Å². The van der Waals surface area contributed by atoms with Crippen LogP contribution in [-0.4, -0.2) is 47.9 Å². The van der Waals surface area contributed by atoms with Crippen molar-refractivity contribution >= 4 is 11.9 Å². The molecule has 0 spiro atoms. The molecule has 0 unspecified atom stereocenters. The molecule has 1 aliphatic rings. The smallest absolute Gasteiger partial charge is 0.328 e. The molecule has 2 atom stereocenters. The molecule has 0 aromatic carbocycles. The molecule has 110 valence electrons. The summed E-state index contributed by atoms with van der Waals surface area (Å²) in [4.78, 5) is 22.7. The average molecular weight is 273 g/mol. The van der Waals surface area contributed by atoms with Crippen LogP contribution in [-0.2, 0) is 19.1 Å². The van der Waals surface area contributed by atoms with Crippen LogP contribution in [0.2, 0.25) is 0 Å². The summed E-state index contributed by atoms with van der Waals surface area (Å²) in [5.74, 6) is -1.51. The second kappa shape index (κ2) is 6.86. The lowest BCUT2D eigenvalue weighted by atomic mass is 10.1. The number of rotatable bonds is 6. The summed E-state index contributed by atoms with van der Waals surface area (Å²) in [6.07, 6.45) is 2.47. The van der Waals surface area contributed by atoms with E-state index in [1.165, 1.54) is 13.8 Å². The first-order chi connectivity index (χ1) is 8.83. The van der Waals surface area contributed by atoms with Gasteiger partial charge in [0.2, 0.25) is 5.91 Å². The fourth-order valence-electron chi connectivity index (χ4n) is 1.73. The van der Waals surface area contributed by atoms with E-state index in [0.29, 0.717) is 6.61 Å². The van der Waals surface area contributed by atoms with E-state index < -0.39 is 23.5 Å². The molecule has 1 heterocycles. The van der Waals surface area contributed by atoms with E-state index in [4.69, 9.17) is 14.6 Å². The maximum absolute atomic E-state index is 11.8. The minimum absolute atomic E-state index is 0.0384. The molecule has 6 heteroatoms. The number of hydrogen-bond donors (Lipinski definition) is 2. The largest absolute Gasteiger partial charge is 0.480 e. The molecule has 0 radical (unpaired) electrons. The third kappa shape index (κ3) is 5.16. The number of aliphatic carboxylic acids is 1. The first kappa shape index (κ1) is 15.9. The molecular weight excluding hydrogens is 250 g/mol. The van der Waals surface area contributed by atoms with Gasteiger partial charge in [-0.3, -0.25) is 4.79 Å². The molecule has 1 saturated heterocycles. The fourth-order valence-corrected chi connectivity index (χ4v) is 1.73. The Balaban J connectivity index is 2.34. The second-order valence-electron chi connectivity index (χ2n) is 5.38. The number of carbonyl (C=O) groups excluding carboxylic acids is 1. The molecule has 0 aliphatic carbocycles. The van der Waals surface area contributed by atoms with E-state index in [1.54, 1.807) is 6.92 Å². The first-order valence-electron chi connectivity index (χ1n) is 6.61. The zero-order valence-electron chi connectivity index (χ0n) is 11.8. The molecule has 1 amide bonds. The minimum atomic E-state index is -1.30. The summed E-state index contributed by atoms with van der Waals surface area (Å²) in [6.45, 7) is 5.58. The number of ether oxygens (including phenoxy) is 2. The van der Waals surface area contributed by atoms with E-state index >= 15 is 0 Å². The van der Waals surface area contributed by atoms with Crippen molar-refractivity contribution in [2.45, 2.75) is 57.8 Å². The van der Waals surface area contributed by atoms with Gasteiger partial charge in [0.25, 0.3) is 0 Å². The van der Waals surface area contributed by atoms with Crippen LogP contribution in [0.1, 0.15) is 40.0 Å². The molecule has 0 aromatic heterocycles. The van der Waals surface area contributed by atoms with Crippen molar-refractivity contribution in [3.63, 3.8) is 0 Å². The number of carboxylic acids is 1. The van der Waals surface area contributed by atoms with Crippen molar-refractivity contribution in [3.05, 3.63) is 0 Å². The van der Waals surface area contributed by atoms with Gasteiger partial charge >= 0.3 is 5.97 Å².